The molecule has 0 aliphatic carbocycles. The Kier molecular flexibility index (Phi) is 6.61. The van der Waals surface area contributed by atoms with E-state index in [9.17, 15) is 9.59 Å². The van der Waals surface area contributed by atoms with Gasteiger partial charge in [0, 0.05) is 32.3 Å². The maximum absolute atomic E-state index is 12.7. The van der Waals surface area contributed by atoms with Gasteiger partial charge in [0.2, 0.25) is 0 Å². The van der Waals surface area contributed by atoms with Crippen molar-refractivity contribution in [3.63, 3.8) is 0 Å². The summed E-state index contributed by atoms with van der Waals surface area (Å²) in [5.41, 5.74) is 1.90. The van der Waals surface area contributed by atoms with E-state index in [1.807, 2.05) is 0 Å². The van der Waals surface area contributed by atoms with Gasteiger partial charge in [0.25, 0.3) is 0 Å². The highest BCUT2D eigenvalue weighted by Crippen LogP contribution is 2.26. The molecular formula is C26H15Cl3O3. The van der Waals surface area contributed by atoms with Crippen LogP contribution in [0.5, 0.6) is 11.5 Å². The molecule has 0 fully saturated rings. The van der Waals surface area contributed by atoms with Crippen molar-refractivity contribution in [1.29, 1.82) is 0 Å². The smallest absolute Gasteiger partial charge is 0.194 e. The van der Waals surface area contributed by atoms with Crippen LogP contribution >= 0.6 is 34.8 Å². The standard InChI is InChI=1S/C26H15Cl3O3/c27-19-7-1-16(2-8-19)25(30)17-3-10-21(11-4-17)32-22-12-5-18(6-13-22)26(31)23-15-20(28)9-14-24(23)29/h1-15H. The Labute approximate surface area is 200 Å². The Morgan fingerprint density at radius 2 is 0.969 bits per heavy atom. The molecule has 4 aromatic rings. The van der Waals surface area contributed by atoms with Gasteiger partial charge in [-0.1, -0.05) is 34.8 Å². The normalized spacial score (nSPS) is 10.6. The molecule has 0 heterocycles. The van der Waals surface area contributed by atoms with Crippen LogP contribution in [-0.2, 0) is 0 Å². The van der Waals surface area contributed by atoms with E-state index in [1.54, 1.807) is 91.0 Å². The summed E-state index contributed by atoms with van der Waals surface area (Å²) in [5, 5.41) is 1.36. The third-order valence-electron chi connectivity index (χ3n) is 4.75. The van der Waals surface area contributed by atoms with E-state index in [1.165, 1.54) is 0 Å². The second-order valence-electron chi connectivity index (χ2n) is 6.94. The fourth-order valence-corrected chi connectivity index (χ4v) is 3.58. The van der Waals surface area contributed by atoms with E-state index < -0.39 is 0 Å². The fourth-order valence-electron chi connectivity index (χ4n) is 3.08. The fraction of sp³-hybridized carbons (Fsp3) is 0. The summed E-state index contributed by atoms with van der Waals surface area (Å²) >= 11 is 18.0. The van der Waals surface area contributed by atoms with Crippen molar-refractivity contribution in [3.05, 3.63) is 128 Å². The minimum absolute atomic E-state index is 0.101. The largest absolute Gasteiger partial charge is 0.457 e. The average Bonchev–Trinajstić information content (AvgIpc) is 2.81. The zero-order valence-electron chi connectivity index (χ0n) is 16.5. The number of carbonyl (C=O) groups is 2. The summed E-state index contributed by atoms with van der Waals surface area (Å²) in [5.74, 6) is 0.787. The van der Waals surface area contributed by atoms with Crippen molar-refractivity contribution in [2.45, 2.75) is 0 Å². The highest BCUT2D eigenvalue weighted by molar-refractivity contribution is 6.36. The van der Waals surface area contributed by atoms with Gasteiger partial charge >= 0.3 is 0 Å². The molecule has 0 unspecified atom stereocenters. The van der Waals surface area contributed by atoms with Crippen molar-refractivity contribution in [3.8, 4) is 11.5 Å². The SMILES string of the molecule is O=C(c1ccc(Cl)cc1)c1ccc(Oc2ccc(C(=O)c3cc(Cl)ccc3Cl)cc2)cc1. The van der Waals surface area contributed by atoms with E-state index >= 15 is 0 Å². The lowest BCUT2D eigenvalue weighted by molar-refractivity contribution is 0.103. The van der Waals surface area contributed by atoms with Crippen LogP contribution in [0.25, 0.3) is 0 Å². The molecule has 4 rings (SSSR count). The Bertz CT molecular complexity index is 1280. The zero-order valence-corrected chi connectivity index (χ0v) is 18.8. The third-order valence-corrected chi connectivity index (χ3v) is 5.56. The first-order valence-electron chi connectivity index (χ1n) is 9.59. The van der Waals surface area contributed by atoms with Crippen LogP contribution in [-0.4, -0.2) is 11.6 Å². The van der Waals surface area contributed by atoms with Gasteiger partial charge < -0.3 is 4.74 Å². The summed E-state index contributed by atoms with van der Waals surface area (Å²) in [6, 6.07) is 25.0. The predicted molar refractivity (Wildman–Crippen MR) is 128 cm³/mol. The average molecular weight is 482 g/mol. The molecule has 0 bridgehead atoms. The van der Waals surface area contributed by atoms with Crippen molar-refractivity contribution in [2.24, 2.45) is 0 Å². The Morgan fingerprint density at radius 1 is 0.531 bits per heavy atom. The number of ether oxygens (including phenoxy) is 1. The van der Waals surface area contributed by atoms with E-state index in [-0.39, 0.29) is 11.6 Å². The molecule has 158 valence electrons. The molecule has 0 atom stereocenters. The van der Waals surface area contributed by atoms with Crippen LogP contribution in [0, 0.1) is 0 Å². The number of ketones is 2. The first kappa shape index (κ1) is 22.1. The molecule has 0 saturated carbocycles. The molecular weight excluding hydrogens is 467 g/mol. The minimum Gasteiger partial charge on any atom is -0.457 e. The maximum atomic E-state index is 12.7. The van der Waals surface area contributed by atoms with Crippen molar-refractivity contribution >= 4 is 46.4 Å². The van der Waals surface area contributed by atoms with Crippen LogP contribution in [0.1, 0.15) is 31.8 Å². The van der Waals surface area contributed by atoms with Gasteiger partial charge in [-0.2, -0.15) is 0 Å². The molecule has 3 nitrogen and oxygen atoms in total. The summed E-state index contributed by atoms with van der Waals surface area (Å²) in [7, 11) is 0. The number of halogens is 3. The first-order chi connectivity index (χ1) is 15.4. The number of rotatable bonds is 6. The molecule has 0 amide bonds. The van der Waals surface area contributed by atoms with Crippen molar-refractivity contribution in [2.75, 3.05) is 0 Å². The van der Waals surface area contributed by atoms with Gasteiger partial charge in [0.15, 0.2) is 11.6 Å². The second-order valence-corrected chi connectivity index (χ2v) is 8.22. The van der Waals surface area contributed by atoms with Crippen molar-refractivity contribution in [1.82, 2.24) is 0 Å². The summed E-state index contributed by atoms with van der Waals surface area (Å²) in [4.78, 5) is 25.3. The number of hydrogen-bond acceptors (Lipinski definition) is 3. The first-order valence-corrected chi connectivity index (χ1v) is 10.7. The van der Waals surface area contributed by atoms with Gasteiger partial charge in [-0.05, 0) is 91.0 Å². The minimum atomic E-state index is -0.228. The lowest BCUT2D eigenvalue weighted by Gasteiger charge is -2.08. The summed E-state index contributed by atoms with van der Waals surface area (Å²) in [6.45, 7) is 0. The molecule has 0 radical (unpaired) electrons. The highest BCUT2D eigenvalue weighted by Gasteiger charge is 2.14. The Balaban J connectivity index is 1.45. The molecule has 0 spiro atoms. The third kappa shape index (κ3) is 5.03. The van der Waals surface area contributed by atoms with E-state index in [2.05, 4.69) is 0 Å². The van der Waals surface area contributed by atoms with Crippen LogP contribution in [0.3, 0.4) is 0 Å². The van der Waals surface area contributed by atoms with Crippen LogP contribution in [0.4, 0.5) is 0 Å². The molecule has 6 heteroatoms. The lowest BCUT2D eigenvalue weighted by Crippen LogP contribution is -2.02. The van der Waals surface area contributed by atoms with Crippen LogP contribution < -0.4 is 4.74 Å². The molecule has 4 aromatic carbocycles. The Morgan fingerprint density at radius 3 is 1.50 bits per heavy atom. The molecule has 0 aliphatic rings. The van der Waals surface area contributed by atoms with Crippen molar-refractivity contribution < 1.29 is 14.3 Å². The molecule has 0 saturated heterocycles. The van der Waals surface area contributed by atoms with Gasteiger partial charge in [-0.3, -0.25) is 9.59 Å². The zero-order chi connectivity index (χ0) is 22.7. The number of hydrogen-bond donors (Lipinski definition) is 0. The summed E-state index contributed by atoms with van der Waals surface area (Å²) < 4.78 is 5.83. The van der Waals surface area contributed by atoms with Gasteiger partial charge in [0.05, 0.1) is 5.02 Å². The topological polar surface area (TPSA) is 43.4 Å². The van der Waals surface area contributed by atoms with E-state index in [4.69, 9.17) is 39.5 Å². The predicted octanol–water partition coefficient (Wildman–Crippen LogP) is 7.90. The monoisotopic (exact) mass is 480 g/mol. The Hall–Kier alpha value is -3.11. The highest BCUT2D eigenvalue weighted by atomic mass is 35.5. The molecule has 0 N–H and O–H groups in total. The van der Waals surface area contributed by atoms with Gasteiger partial charge in [0.1, 0.15) is 11.5 Å². The number of carbonyl (C=O) groups excluding carboxylic acids is 2. The van der Waals surface area contributed by atoms with E-state index in [0.717, 1.165) is 0 Å². The second kappa shape index (κ2) is 9.58. The molecule has 0 aliphatic heterocycles. The lowest BCUT2D eigenvalue weighted by atomic mass is 10.0. The number of benzene rings is 4. The quantitative estimate of drug-likeness (QED) is 0.263. The van der Waals surface area contributed by atoms with E-state index in [0.29, 0.717) is 48.8 Å². The molecule has 0 aromatic heterocycles. The van der Waals surface area contributed by atoms with Gasteiger partial charge in [-0.25, -0.2) is 0 Å². The summed E-state index contributed by atoms with van der Waals surface area (Å²) in [6.07, 6.45) is 0. The molecule has 32 heavy (non-hydrogen) atoms. The van der Waals surface area contributed by atoms with Crippen LogP contribution in [0.15, 0.2) is 91.0 Å². The van der Waals surface area contributed by atoms with Gasteiger partial charge in [-0.15, -0.1) is 0 Å². The van der Waals surface area contributed by atoms with Crippen LogP contribution in [0.2, 0.25) is 15.1 Å². The maximum Gasteiger partial charge on any atom is 0.194 e.